The first-order valence-electron chi connectivity index (χ1n) is 7.63. The van der Waals surface area contributed by atoms with Crippen LogP contribution in [0.15, 0.2) is 17.1 Å². The van der Waals surface area contributed by atoms with Crippen molar-refractivity contribution in [3.05, 3.63) is 21.3 Å². The van der Waals surface area contributed by atoms with E-state index in [1.165, 1.54) is 17.8 Å². The van der Waals surface area contributed by atoms with Crippen LogP contribution in [-0.2, 0) is 0 Å². The molecule has 5 nitrogen and oxygen atoms in total. The van der Waals surface area contributed by atoms with Crippen LogP contribution in [0.25, 0.3) is 0 Å². The highest BCUT2D eigenvalue weighted by atomic mass is 127. The lowest BCUT2D eigenvalue weighted by atomic mass is 9.85. The van der Waals surface area contributed by atoms with Crippen LogP contribution in [0.5, 0.6) is 0 Å². The smallest absolute Gasteiger partial charge is 0.191 e. The largest absolute Gasteiger partial charge is 0.388 e. The molecule has 1 aliphatic carbocycles. The zero-order valence-corrected chi connectivity index (χ0v) is 17.1. The Morgan fingerprint density at radius 2 is 2.04 bits per heavy atom. The zero-order valence-electron chi connectivity index (χ0n) is 13.2. The van der Waals surface area contributed by atoms with Gasteiger partial charge in [0.2, 0.25) is 0 Å². The number of thiophene rings is 1. The minimum Gasteiger partial charge on any atom is -0.388 e. The van der Waals surface area contributed by atoms with Crippen molar-refractivity contribution in [1.29, 1.82) is 0 Å². The Morgan fingerprint density at radius 3 is 2.61 bits per heavy atom. The van der Waals surface area contributed by atoms with Gasteiger partial charge in [0, 0.05) is 25.0 Å². The Labute approximate surface area is 163 Å². The number of rotatable bonds is 5. The van der Waals surface area contributed by atoms with E-state index in [0.29, 0.717) is 23.4 Å². The number of aliphatic hydroxyl groups excluding tert-OH is 1. The molecule has 23 heavy (non-hydrogen) atoms. The number of aliphatic hydroxyl groups is 2. The van der Waals surface area contributed by atoms with E-state index in [1.54, 1.807) is 13.1 Å². The van der Waals surface area contributed by atoms with E-state index in [-0.39, 0.29) is 24.0 Å². The summed E-state index contributed by atoms with van der Waals surface area (Å²) in [6.45, 7) is 0.822. The summed E-state index contributed by atoms with van der Waals surface area (Å²) >= 11 is 7.23. The summed E-state index contributed by atoms with van der Waals surface area (Å²) in [6.07, 6.45) is 4.36. The highest BCUT2D eigenvalue weighted by Gasteiger charge is 2.29. The van der Waals surface area contributed by atoms with E-state index in [4.69, 9.17) is 11.6 Å². The molecule has 0 aliphatic heterocycles. The molecule has 8 heteroatoms. The number of halogens is 2. The lowest BCUT2D eigenvalue weighted by molar-refractivity contribution is 0.00857. The molecule has 1 saturated carbocycles. The summed E-state index contributed by atoms with van der Waals surface area (Å²) in [7, 11) is 1.68. The first-order chi connectivity index (χ1) is 10.5. The third-order valence-electron chi connectivity index (χ3n) is 3.98. The molecule has 0 radical (unpaired) electrons. The van der Waals surface area contributed by atoms with Crippen LogP contribution < -0.4 is 10.6 Å². The number of aliphatic imine (C=N–C) groups is 1. The molecule has 4 N–H and O–H groups in total. The number of nitrogens with zero attached hydrogens (tertiary/aromatic N) is 1. The molecule has 1 unspecified atom stereocenters. The molecule has 1 aromatic heterocycles. The van der Waals surface area contributed by atoms with Gasteiger partial charge in [-0.2, -0.15) is 0 Å². The Morgan fingerprint density at radius 1 is 1.35 bits per heavy atom. The maximum absolute atomic E-state index is 10.5. The number of hydrogen-bond acceptors (Lipinski definition) is 4. The van der Waals surface area contributed by atoms with E-state index in [2.05, 4.69) is 15.6 Å². The fourth-order valence-electron chi connectivity index (χ4n) is 2.66. The fourth-order valence-corrected chi connectivity index (χ4v) is 3.70. The summed E-state index contributed by atoms with van der Waals surface area (Å²) in [6, 6.07) is 3.59. The van der Waals surface area contributed by atoms with Crippen molar-refractivity contribution in [1.82, 2.24) is 10.6 Å². The quantitative estimate of drug-likeness (QED) is 0.301. The maximum atomic E-state index is 10.5. The lowest BCUT2D eigenvalue weighted by Gasteiger charge is -2.32. The van der Waals surface area contributed by atoms with Gasteiger partial charge in [0.05, 0.1) is 9.94 Å². The predicted molar refractivity (Wildman–Crippen MR) is 107 cm³/mol. The maximum Gasteiger partial charge on any atom is 0.191 e. The second kappa shape index (κ2) is 10.0. The van der Waals surface area contributed by atoms with Gasteiger partial charge >= 0.3 is 0 Å². The van der Waals surface area contributed by atoms with Gasteiger partial charge in [0.1, 0.15) is 6.10 Å². The van der Waals surface area contributed by atoms with Crippen molar-refractivity contribution < 1.29 is 10.2 Å². The van der Waals surface area contributed by atoms with Crippen LogP contribution >= 0.6 is 46.9 Å². The summed E-state index contributed by atoms with van der Waals surface area (Å²) in [5.74, 6) is 0.584. The summed E-state index contributed by atoms with van der Waals surface area (Å²) < 4.78 is 0.663. The molecule has 1 aromatic rings. The molecule has 0 saturated heterocycles. The third kappa shape index (κ3) is 6.74. The molecular formula is C15H25ClIN3O2S. The Balaban J connectivity index is 0.00000264. The van der Waals surface area contributed by atoms with E-state index in [1.807, 2.05) is 6.07 Å². The molecule has 0 aromatic carbocycles. The molecule has 1 fully saturated rings. The Kier molecular flexibility index (Phi) is 9.13. The van der Waals surface area contributed by atoms with Gasteiger partial charge in [0.25, 0.3) is 0 Å². The van der Waals surface area contributed by atoms with E-state index in [0.717, 1.165) is 30.6 Å². The van der Waals surface area contributed by atoms with E-state index in [9.17, 15) is 10.2 Å². The van der Waals surface area contributed by atoms with Gasteiger partial charge in [-0.25, -0.2) is 0 Å². The van der Waals surface area contributed by atoms with Crippen LogP contribution in [0.4, 0.5) is 0 Å². The summed E-state index contributed by atoms with van der Waals surface area (Å²) in [5.41, 5.74) is -0.643. The minimum absolute atomic E-state index is 0. The predicted octanol–water partition coefficient (Wildman–Crippen LogP) is 2.91. The molecule has 0 amide bonds. The monoisotopic (exact) mass is 473 g/mol. The van der Waals surface area contributed by atoms with Crippen LogP contribution in [0.3, 0.4) is 0 Å². The van der Waals surface area contributed by atoms with Gasteiger partial charge < -0.3 is 20.8 Å². The molecule has 0 bridgehead atoms. The molecule has 0 spiro atoms. The second-order valence-electron chi connectivity index (χ2n) is 5.75. The summed E-state index contributed by atoms with van der Waals surface area (Å²) in [4.78, 5) is 4.94. The molecule has 2 rings (SSSR count). The first-order valence-corrected chi connectivity index (χ1v) is 8.82. The summed E-state index contributed by atoms with van der Waals surface area (Å²) in [5, 5.41) is 26.8. The van der Waals surface area contributed by atoms with Gasteiger partial charge in [-0.3, -0.25) is 4.99 Å². The fraction of sp³-hybridized carbons (Fsp3) is 0.667. The molecule has 1 heterocycles. The van der Waals surface area contributed by atoms with Crippen molar-refractivity contribution in [3.8, 4) is 0 Å². The average molecular weight is 474 g/mol. The van der Waals surface area contributed by atoms with E-state index >= 15 is 0 Å². The van der Waals surface area contributed by atoms with Crippen molar-refractivity contribution >= 4 is 52.9 Å². The topological polar surface area (TPSA) is 76.9 Å². The lowest BCUT2D eigenvalue weighted by Crippen LogP contribution is -2.48. The van der Waals surface area contributed by atoms with Gasteiger partial charge in [0.15, 0.2) is 5.96 Å². The van der Waals surface area contributed by atoms with Gasteiger partial charge in [-0.05, 0) is 25.0 Å². The molecule has 132 valence electrons. The Bertz CT molecular complexity index is 507. The van der Waals surface area contributed by atoms with Crippen molar-refractivity contribution in [3.63, 3.8) is 0 Å². The third-order valence-corrected chi connectivity index (χ3v) is 5.31. The van der Waals surface area contributed by atoms with Gasteiger partial charge in [-0.15, -0.1) is 35.3 Å². The second-order valence-corrected chi connectivity index (χ2v) is 7.50. The normalized spacial score (nSPS) is 18.9. The SMILES string of the molecule is CN=C(NCC(O)c1ccc(Cl)s1)NCC1(O)CCCCC1.I. The average Bonchev–Trinajstić information content (AvgIpc) is 2.94. The first kappa shape index (κ1) is 21.0. The Hall–Kier alpha value is -0.0900. The standard InChI is InChI=1S/C15H24ClN3O2S.HI/c1-17-14(19-10-15(21)7-3-2-4-8-15)18-9-11(20)12-5-6-13(16)22-12;/h5-6,11,20-21H,2-4,7-10H2,1H3,(H2,17,18,19);1H. The van der Waals surface area contributed by atoms with E-state index < -0.39 is 11.7 Å². The number of hydrogen-bond donors (Lipinski definition) is 4. The number of guanidine groups is 1. The van der Waals surface area contributed by atoms with Crippen LogP contribution in [-0.4, -0.2) is 41.9 Å². The van der Waals surface area contributed by atoms with Crippen LogP contribution in [0, 0.1) is 0 Å². The van der Waals surface area contributed by atoms with Gasteiger partial charge in [-0.1, -0.05) is 30.9 Å². The number of nitrogens with one attached hydrogen (secondary N) is 2. The zero-order chi connectivity index (χ0) is 16.0. The van der Waals surface area contributed by atoms with Crippen molar-refractivity contribution in [2.45, 2.75) is 43.8 Å². The highest BCUT2D eigenvalue weighted by Crippen LogP contribution is 2.27. The minimum atomic E-state index is -0.643. The van der Waals surface area contributed by atoms with Crippen LogP contribution in [0.1, 0.15) is 43.1 Å². The van der Waals surface area contributed by atoms with Crippen molar-refractivity contribution in [2.24, 2.45) is 4.99 Å². The van der Waals surface area contributed by atoms with Crippen molar-refractivity contribution in [2.75, 3.05) is 20.1 Å². The molecule has 1 aliphatic rings. The molecule has 1 atom stereocenters. The highest BCUT2D eigenvalue weighted by molar-refractivity contribution is 14.0. The molecular weight excluding hydrogens is 449 g/mol. The van der Waals surface area contributed by atoms with Crippen LogP contribution in [0.2, 0.25) is 4.34 Å².